The Kier molecular flexibility index (Phi) is 8.33. The average Bonchev–Trinajstić information content (AvgIpc) is 2.82. The van der Waals surface area contributed by atoms with E-state index in [4.69, 9.17) is 14.2 Å². The SMILES string of the molecule is CCCOc1ccc2ccccc2c1/C=N/NC(=O)COc1nc(C)cc(COC)c1C#N. The van der Waals surface area contributed by atoms with E-state index < -0.39 is 5.91 Å². The second kappa shape index (κ2) is 11.6. The number of hydrazone groups is 1. The molecule has 0 fully saturated rings. The van der Waals surface area contributed by atoms with E-state index in [0.717, 1.165) is 22.8 Å². The van der Waals surface area contributed by atoms with E-state index in [1.165, 1.54) is 7.11 Å². The summed E-state index contributed by atoms with van der Waals surface area (Å²) in [5.41, 5.74) is 4.78. The van der Waals surface area contributed by atoms with Crippen molar-refractivity contribution in [3.05, 3.63) is 64.8 Å². The van der Waals surface area contributed by atoms with Crippen LogP contribution in [-0.2, 0) is 16.1 Å². The molecule has 0 spiro atoms. The van der Waals surface area contributed by atoms with Crippen LogP contribution < -0.4 is 14.9 Å². The number of pyridine rings is 1. The fourth-order valence-electron chi connectivity index (χ4n) is 3.29. The number of amides is 1. The number of nitrogens with zero attached hydrogens (tertiary/aromatic N) is 3. The maximum Gasteiger partial charge on any atom is 0.278 e. The predicted molar refractivity (Wildman–Crippen MR) is 125 cm³/mol. The first-order valence-electron chi connectivity index (χ1n) is 10.6. The number of nitrogens with one attached hydrogen (secondary N) is 1. The highest BCUT2D eigenvalue weighted by Crippen LogP contribution is 2.27. The fraction of sp³-hybridized carbons (Fsp3) is 0.280. The topological polar surface area (TPSA) is 106 Å². The van der Waals surface area contributed by atoms with E-state index in [9.17, 15) is 10.1 Å². The molecule has 170 valence electrons. The summed E-state index contributed by atoms with van der Waals surface area (Å²) < 4.78 is 16.5. The summed E-state index contributed by atoms with van der Waals surface area (Å²) >= 11 is 0. The van der Waals surface area contributed by atoms with Crippen LogP contribution in [0, 0.1) is 18.3 Å². The molecule has 1 N–H and O–H groups in total. The average molecular weight is 447 g/mol. The highest BCUT2D eigenvalue weighted by Gasteiger charge is 2.14. The normalized spacial score (nSPS) is 10.8. The second-order valence-corrected chi connectivity index (χ2v) is 7.28. The quantitative estimate of drug-likeness (QED) is 0.374. The van der Waals surface area contributed by atoms with Crippen molar-refractivity contribution < 1.29 is 19.0 Å². The standard InChI is InChI=1S/C25H26N4O4/c1-4-11-32-23-10-9-18-7-5-6-8-20(18)22(23)14-27-29-24(30)16-33-25-21(13-26)19(15-31-3)12-17(2)28-25/h5-10,12,14H,4,11,15-16H2,1-3H3,(H,29,30)/b27-14+. The van der Waals surface area contributed by atoms with Gasteiger partial charge in [0.2, 0.25) is 5.88 Å². The number of ether oxygens (including phenoxy) is 3. The van der Waals surface area contributed by atoms with Gasteiger partial charge in [0, 0.05) is 23.9 Å². The number of fused-ring (bicyclic) bond motifs is 1. The molecular formula is C25H26N4O4. The Morgan fingerprint density at radius 2 is 2.06 bits per heavy atom. The third kappa shape index (κ3) is 6.05. The van der Waals surface area contributed by atoms with Crippen LogP contribution in [0.4, 0.5) is 0 Å². The minimum absolute atomic E-state index is 0.0907. The summed E-state index contributed by atoms with van der Waals surface area (Å²) in [7, 11) is 1.54. The first kappa shape index (κ1) is 23.7. The van der Waals surface area contributed by atoms with Gasteiger partial charge in [0.25, 0.3) is 5.91 Å². The van der Waals surface area contributed by atoms with Crippen LogP contribution in [0.2, 0.25) is 0 Å². The van der Waals surface area contributed by atoms with Crippen LogP contribution in [0.3, 0.4) is 0 Å². The molecule has 1 aromatic heterocycles. The molecule has 0 aliphatic heterocycles. The maximum atomic E-state index is 12.3. The number of hydrogen-bond acceptors (Lipinski definition) is 7. The minimum atomic E-state index is -0.483. The van der Waals surface area contributed by atoms with Gasteiger partial charge < -0.3 is 14.2 Å². The molecule has 3 aromatic rings. The molecule has 33 heavy (non-hydrogen) atoms. The number of rotatable bonds is 10. The Hall–Kier alpha value is -3.96. The Bertz CT molecular complexity index is 1200. The van der Waals surface area contributed by atoms with E-state index in [-0.39, 0.29) is 24.7 Å². The summed E-state index contributed by atoms with van der Waals surface area (Å²) in [5.74, 6) is 0.300. The molecule has 0 unspecified atom stereocenters. The van der Waals surface area contributed by atoms with Gasteiger partial charge in [-0.3, -0.25) is 4.79 Å². The molecule has 0 aliphatic rings. The monoisotopic (exact) mass is 446 g/mol. The van der Waals surface area contributed by atoms with Crippen molar-refractivity contribution in [1.82, 2.24) is 10.4 Å². The van der Waals surface area contributed by atoms with E-state index in [1.807, 2.05) is 43.3 Å². The Labute approximate surface area is 192 Å². The molecule has 0 aliphatic carbocycles. The molecule has 1 amide bonds. The van der Waals surface area contributed by atoms with Gasteiger partial charge in [0.05, 0.1) is 19.4 Å². The summed E-state index contributed by atoms with van der Waals surface area (Å²) in [5, 5.41) is 15.6. The summed E-state index contributed by atoms with van der Waals surface area (Å²) in [4.78, 5) is 16.5. The third-order valence-electron chi connectivity index (χ3n) is 4.72. The summed E-state index contributed by atoms with van der Waals surface area (Å²) in [6.07, 6.45) is 2.44. The zero-order valence-electron chi connectivity index (χ0n) is 18.9. The lowest BCUT2D eigenvalue weighted by atomic mass is 10.0. The molecule has 0 atom stereocenters. The predicted octanol–water partition coefficient (Wildman–Crippen LogP) is 3.88. The number of benzene rings is 2. The Morgan fingerprint density at radius 3 is 2.82 bits per heavy atom. The van der Waals surface area contributed by atoms with Crippen LogP contribution in [0.15, 0.2) is 47.6 Å². The van der Waals surface area contributed by atoms with Crippen LogP contribution in [0.1, 0.15) is 35.7 Å². The molecule has 2 aromatic carbocycles. The number of nitriles is 1. The van der Waals surface area contributed by atoms with Crippen molar-refractivity contribution in [3.63, 3.8) is 0 Å². The lowest BCUT2D eigenvalue weighted by molar-refractivity contribution is -0.123. The van der Waals surface area contributed by atoms with Crippen LogP contribution in [0.25, 0.3) is 10.8 Å². The van der Waals surface area contributed by atoms with Gasteiger partial charge in [-0.05, 0) is 36.2 Å². The number of carbonyl (C=O) groups is 1. The highest BCUT2D eigenvalue weighted by atomic mass is 16.5. The molecule has 0 saturated carbocycles. The van der Waals surface area contributed by atoms with Crippen molar-refractivity contribution in [2.75, 3.05) is 20.3 Å². The van der Waals surface area contributed by atoms with Gasteiger partial charge in [0.15, 0.2) is 6.61 Å². The van der Waals surface area contributed by atoms with Gasteiger partial charge >= 0.3 is 0 Å². The summed E-state index contributed by atoms with van der Waals surface area (Å²) in [6, 6.07) is 15.6. The van der Waals surface area contributed by atoms with Crippen molar-refractivity contribution >= 4 is 22.9 Å². The van der Waals surface area contributed by atoms with E-state index >= 15 is 0 Å². The molecule has 0 radical (unpaired) electrons. The number of hydrogen-bond donors (Lipinski definition) is 1. The lowest BCUT2D eigenvalue weighted by Gasteiger charge is -2.11. The van der Waals surface area contributed by atoms with Gasteiger partial charge in [-0.25, -0.2) is 10.4 Å². The van der Waals surface area contributed by atoms with E-state index in [1.54, 1.807) is 19.2 Å². The molecule has 0 bridgehead atoms. The van der Waals surface area contributed by atoms with Crippen molar-refractivity contribution in [2.45, 2.75) is 26.9 Å². The van der Waals surface area contributed by atoms with E-state index in [2.05, 4.69) is 21.6 Å². The Morgan fingerprint density at radius 1 is 1.24 bits per heavy atom. The molecular weight excluding hydrogens is 420 g/mol. The van der Waals surface area contributed by atoms with Crippen molar-refractivity contribution in [3.8, 4) is 17.7 Å². The minimum Gasteiger partial charge on any atom is -0.493 e. The Balaban J connectivity index is 1.72. The number of aryl methyl sites for hydroxylation is 1. The lowest BCUT2D eigenvalue weighted by Crippen LogP contribution is -2.25. The molecule has 8 heteroatoms. The number of methoxy groups -OCH3 is 1. The molecule has 1 heterocycles. The van der Waals surface area contributed by atoms with Gasteiger partial charge in [-0.1, -0.05) is 37.3 Å². The van der Waals surface area contributed by atoms with Gasteiger partial charge in [-0.2, -0.15) is 10.4 Å². The fourth-order valence-corrected chi connectivity index (χ4v) is 3.29. The molecule has 3 rings (SSSR count). The van der Waals surface area contributed by atoms with Crippen LogP contribution >= 0.6 is 0 Å². The van der Waals surface area contributed by atoms with Crippen molar-refractivity contribution in [2.24, 2.45) is 5.10 Å². The summed E-state index contributed by atoms with van der Waals surface area (Å²) in [6.45, 7) is 4.29. The number of carbonyl (C=O) groups excluding carboxylic acids is 1. The largest absolute Gasteiger partial charge is 0.493 e. The van der Waals surface area contributed by atoms with E-state index in [0.29, 0.717) is 23.6 Å². The zero-order valence-corrected chi connectivity index (χ0v) is 18.9. The van der Waals surface area contributed by atoms with Crippen LogP contribution in [0.5, 0.6) is 11.6 Å². The maximum absolute atomic E-state index is 12.3. The molecule has 0 saturated heterocycles. The second-order valence-electron chi connectivity index (χ2n) is 7.28. The molecule has 8 nitrogen and oxygen atoms in total. The first-order valence-corrected chi connectivity index (χ1v) is 10.6. The highest BCUT2D eigenvalue weighted by molar-refractivity contribution is 6.02. The van der Waals surface area contributed by atoms with Crippen molar-refractivity contribution in [1.29, 1.82) is 5.26 Å². The smallest absolute Gasteiger partial charge is 0.278 e. The van der Waals surface area contributed by atoms with Crippen LogP contribution in [-0.4, -0.2) is 37.4 Å². The third-order valence-corrected chi connectivity index (χ3v) is 4.72. The van der Waals surface area contributed by atoms with Gasteiger partial charge in [0.1, 0.15) is 17.4 Å². The number of aromatic nitrogens is 1. The zero-order chi connectivity index (χ0) is 23.6. The first-order chi connectivity index (χ1) is 16.1. The van der Waals surface area contributed by atoms with Gasteiger partial charge in [-0.15, -0.1) is 0 Å².